The van der Waals surface area contributed by atoms with Gasteiger partial charge < -0.3 is 4.74 Å². The van der Waals surface area contributed by atoms with E-state index in [-0.39, 0.29) is 5.97 Å². The van der Waals surface area contributed by atoms with Gasteiger partial charge in [-0.2, -0.15) is 0 Å². The van der Waals surface area contributed by atoms with Crippen molar-refractivity contribution in [2.75, 3.05) is 0 Å². The number of hydrogen-bond acceptors (Lipinski definition) is 2. The van der Waals surface area contributed by atoms with E-state index < -0.39 is 0 Å². The highest BCUT2D eigenvalue weighted by Crippen LogP contribution is 2.12. The quantitative estimate of drug-likeness (QED) is 0.416. The molecule has 0 N–H and O–H groups in total. The minimum absolute atomic E-state index is 0.336. The van der Waals surface area contributed by atoms with Gasteiger partial charge in [0, 0.05) is 6.08 Å². The number of esters is 1. The van der Waals surface area contributed by atoms with Gasteiger partial charge in [0.2, 0.25) is 0 Å². The van der Waals surface area contributed by atoms with Crippen molar-refractivity contribution in [1.29, 1.82) is 0 Å². The number of aryl methyl sites for hydroxylation is 1. The molecule has 0 aromatic heterocycles. The zero-order chi connectivity index (χ0) is 10.4. The lowest BCUT2D eigenvalue weighted by molar-refractivity contribution is -0.129. The third kappa shape index (κ3) is 3.05. The highest BCUT2D eigenvalue weighted by Gasteiger charge is 1.98. The maximum Gasteiger partial charge on any atom is 0.335 e. The molecule has 0 bridgehead atoms. The number of hydrogen-bond donors (Lipinski definition) is 0. The molecule has 1 aromatic rings. The van der Waals surface area contributed by atoms with E-state index in [0.717, 1.165) is 6.42 Å². The van der Waals surface area contributed by atoms with E-state index >= 15 is 0 Å². The third-order valence-electron chi connectivity index (χ3n) is 1.85. The van der Waals surface area contributed by atoms with Crippen molar-refractivity contribution in [1.82, 2.24) is 0 Å². The molecule has 2 nitrogen and oxygen atoms in total. The van der Waals surface area contributed by atoms with Crippen molar-refractivity contribution < 1.29 is 9.53 Å². The van der Waals surface area contributed by atoms with Crippen molar-refractivity contribution in [2.24, 2.45) is 0 Å². The third-order valence-corrected chi connectivity index (χ3v) is 1.85. The summed E-state index contributed by atoms with van der Waals surface area (Å²) in [4.78, 5) is 11.1. The molecule has 1 rings (SSSR count). The van der Waals surface area contributed by atoms with Crippen LogP contribution in [0.3, 0.4) is 0 Å². The molecule has 14 heavy (non-hydrogen) atoms. The average molecular weight is 190 g/mol. The van der Waals surface area contributed by atoms with Crippen LogP contribution in [0.15, 0.2) is 36.4 Å². The number of rotatable bonds is 3. The van der Waals surface area contributed by atoms with E-state index in [4.69, 9.17) is 4.74 Å². The first kappa shape index (κ1) is 10.5. The summed E-state index contributed by atoms with van der Waals surface area (Å²) in [7, 11) is 0. The van der Waals surface area contributed by atoms with Crippen LogP contribution in [0.1, 0.15) is 19.4 Å². The van der Waals surface area contributed by atoms with Crippen LogP contribution in [0.25, 0.3) is 0 Å². The highest BCUT2D eigenvalue weighted by atomic mass is 16.5. The highest BCUT2D eigenvalue weighted by molar-refractivity contribution is 5.83. The summed E-state index contributed by atoms with van der Waals surface area (Å²) >= 11 is 0. The van der Waals surface area contributed by atoms with Crippen LogP contribution in [0, 0.1) is 0 Å². The summed E-state index contributed by atoms with van der Waals surface area (Å²) in [6.07, 6.45) is 4.04. The summed E-state index contributed by atoms with van der Waals surface area (Å²) in [6, 6.07) is 7.52. The lowest BCUT2D eigenvalue weighted by Gasteiger charge is -2.01. The Hall–Kier alpha value is -1.57. The predicted octanol–water partition coefficient (Wildman–Crippen LogP) is 2.73. The van der Waals surface area contributed by atoms with Gasteiger partial charge >= 0.3 is 5.97 Å². The molecule has 0 saturated heterocycles. The smallest absolute Gasteiger partial charge is 0.335 e. The molecule has 0 heterocycles. The van der Waals surface area contributed by atoms with E-state index in [1.54, 1.807) is 25.1 Å². The molecule has 0 saturated carbocycles. The molecule has 0 atom stereocenters. The number of carbonyl (C=O) groups excluding carboxylic acids is 1. The molecule has 0 radical (unpaired) electrons. The molecule has 0 fully saturated rings. The van der Waals surface area contributed by atoms with Gasteiger partial charge in [0.25, 0.3) is 0 Å². The van der Waals surface area contributed by atoms with E-state index in [0.29, 0.717) is 5.75 Å². The lowest BCUT2D eigenvalue weighted by Crippen LogP contribution is -2.03. The van der Waals surface area contributed by atoms with Gasteiger partial charge in [0.05, 0.1) is 0 Å². The lowest BCUT2D eigenvalue weighted by atomic mass is 10.2. The van der Waals surface area contributed by atoms with Crippen LogP contribution in [0.5, 0.6) is 5.75 Å². The fourth-order valence-electron chi connectivity index (χ4n) is 1.08. The standard InChI is InChI=1S/C12H14O2/c1-3-5-12(13)14-11-8-6-10(4-2)7-9-11/h3,5-9H,4H2,1-2H3. The second-order valence-electron chi connectivity index (χ2n) is 2.92. The summed E-state index contributed by atoms with van der Waals surface area (Å²) in [6.45, 7) is 3.86. The predicted molar refractivity (Wildman–Crippen MR) is 56.3 cm³/mol. The fraction of sp³-hybridized carbons (Fsp3) is 0.250. The van der Waals surface area contributed by atoms with Gasteiger partial charge in [0.1, 0.15) is 5.75 Å². The van der Waals surface area contributed by atoms with Crippen LogP contribution >= 0.6 is 0 Å². The molecule has 2 heteroatoms. The van der Waals surface area contributed by atoms with Crippen LogP contribution < -0.4 is 4.74 Å². The van der Waals surface area contributed by atoms with Gasteiger partial charge in [-0.15, -0.1) is 0 Å². The second-order valence-corrected chi connectivity index (χ2v) is 2.92. The van der Waals surface area contributed by atoms with Crippen molar-refractivity contribution in [3.05, 3.63) is 42.0 Å². The molecule has 1 aromatic carbocycles. The first-order valence-corrected chi connectivity index (χ1v) is 4.69. The molecule has 0 aliphatic heterocycles. The number of benzene rings is 1. The molecule has 74 valence electrons. The summed E-state index contributed by atoms with van der Waals surface area (Å²) < 4.78 is 5.03. The van der Waals surface area contributed by atoms with Crippen molar-refractivity contribution in [2.45, 2.75) is 20.3 Å². The molecule has 0 unspecified atom stereocenters. The Labute approximate surface area is 84.2 Å². The van der Waals surface area contributed by atoms with E-state index in [1.807, 2.05) is 12.1 Å². The topological polar surface area (TPSA) is 26.3 Å². The van der Waals surface area contributed by atoms with Crippen LogP contribution in [-0.4, -0.2) is 5.97 Å². The monoisotopic (exact) mass is 190 g/mol. The van der Waals surface area contributed by atoms with Gasteiger partial charge in [-0.05, 0) is 31.0 Å². The summed E-state index contributed by atoms with van der Waals surface area (Å²) in [5, 5.41) is 0. The maximum atomic E-state index is 11.1. The molecule has 0 aliphatic carbocycles. The SMILES string of the molecule is CC=CC(=O)Oc1ccc(CC)cc1. The molecule has 0 amide bonds. The van der Waals surface area contributed by atoms with Crippen molar-refractivity contribution >= 4 is 5.97 Å². The number of ether oxygens (including phenoxy) is 1. The van der Waals surface area contributed by atoms with E-state index in [1.165, 1.54) is 11.6 Å². The second kappa shape index (κ2) is 5.22. The van der Waals surface area contributed by atoms with Crippen LogP contribution in [0.2, 0.25) is 0 Å². The van der Waals surface area contributed by atoms with Crippen molar-refractivity contribution in [3.63, 3.8) is 0 Å². The maximum absolute atomic E-state index is 11.1. The Morgan fingerprint density at radius 2 is 2.00 bits per heavy atom. The van der Waals surface area contributed by atoms with Gasteiger partial charge in [-0.3, -0.25) is 0 Å². The zero-order valence-corrected chi connectivity index (χ0v) is 8.49. The average Bonchev–Trinajstić information content (AvgIpc) is 2.19. The Balaban J connectivity index is 2.64. The van der Waals surface area contributed by atoms with Gasteiger partial charge in [-0.1, -0.05) is 25.1 Å². The molecule has 0 aliphatic rings. The summed E-state index contributed by atoms with van der Waals surface area (Å²) in [5.41, 5.74) is 1.23. The largest absolute Gasteiger partial charge is 0.423 e. The van der Waals surface area contributed by atoms with Gasteiger partial charge in [0.15, 0.2) is 0 Å². The first-order chi connectivity index (χ1) is 6.76. The molecular weight excluding hydrogens is 176 g/mol. The van der Waals surface area contributed by atoms with Crippen LogP contribution in [-0.2, 0) is 11.2 Å². The van der Waals surface area contributed by atoms with E-state index in [9.17, 15) is 4.79 Å². The minimum Gasteiger partial charge on any atom is -0.423 e. The molecule has 0 spiro atoms. The Morgan fingerprint density at radius 1 is 1.36 bits per heavy atom. The summed E-state index contributed by atoms with van der Waals surface area (Å²) in [5.74, 6) is 0.252. The van der Waals surface area contributed by atoms with Gasteiger partial charge in [-0.25, -0.2) is 4.79 Å². The minimum atomic E-state index is -0.336. The fourth-order valence-corrected chi connectivity index (χ4v) is 1.08. The normalized spacial score (nSPS) is 10.4. The Kier molecular flexibility index (Phi) is 3.92. The Bertz CT molecular complexity index is 323. The van der Waals surface area contributed by atoms with Crippen LogP contribution in [0.4, 0.5) is 0 Å². The van der Waals surface area contributed by atoms with Crippen molar-refractivity contribution in [3.8, 4) is 5.75 Å². The number of carbonyl (C=O) groups is 1. The zero-order valence-electron chi connectivity index (χ0n) is 8.49. The first-order valence-electron chi connectivity index (χ1n) is 4.69. The Morgan fingerprint density at radius 3 is 2.50 bits per heavy atom. The van der Waals surface area contributed by atoms with E-state index in [2.05, 4.69) is 6.92 Å². The number of allylic oxidation sites excluding steroid dienone is 1. The molecular formula is C12H14O2.